The van der Waals surface area contributed by atoms with Gasteiger partial charge in [0.2, 0.25) is 5.88 Å². The molecule has 91 valence electrons. The molecule has 2 nitrogen and oxygen atoms in total. The van der Waals surface area contributed by atoms with Gasteiger partial charge in [0.05, 0.1) is 15.8 Å². The summed E-state index contributed by atoms with van der Waals surface area (Å²) in [7, 11) is 3.32. The molecule has 0 amide bonds. The molecule has 1 aromatic heterocycles. The number of halogens is 3. The fourth-order valence-corrected chi connectivity index (χ4v) is 1.42. The average molecular weight is 266 g/mol. The van der Waals surface area contributed by atoms with Gasteiger partial charge in [0.15, 0.2) is 0 Å². The third-order valence-corrected chi connectivity index (χ3v) is 2.47. The summed E-state index contributed by atoms with van der Waals surface area (Å²) in [6.07, 6.45) is -3.64. The standard InChI is InChI=1S/C12H7F3NOSi/c13-12(14,15)8-1-6-11(16-7-8)17-9-2-4-10(18)5-3-9/h1-7H. The molecule has 6 heteroatoms. The predicted octanol–water partition coefficient (Wildman–Crippen LogP) is 2.69. The number of alkyl halides is 3. The molecule has 1 heterocycles. The number of nitrogens with zero attached hydrogens (tertiary/aromatic N) is 1. The molecular weight excluding hydrogens is 259 g/mol. The Bertz CT molecular complexity index is 523. The van der Waals surface area contributed by atoms with E-state index in [1.807, 2.05) is 0 Å². The lowest BCUT2D eigenvalue weighted by atomic mass is 10.3. The first-order chi connectivity index (χ1) is 8.45. The Morgan fingerprint density at radius 1 is 1.00 bits per heavy atom. The second-order valence-corrected chi connectivity index (χ2v) is 4.09. The lowest BCUT2D eigenvalue weighted by molar-refractivity contribution is -0.137. The van der Waals surface area contributed by atoms with Crippen molar-refractivity contribution in [2.24, 2.45) is 0 Å². The highest BCUT2D eigenvalue weighted by atomic mass is 28.1. The van der Waals surface area contributed by atoms with Gasteiger partial charge in [-0.3, -0.25) is 0 Å². The van der Waals surface area contributed by atoms with Crippen molar-refractivity contribution < 1.29 is 17.9 Å². The van der Waals surface area contributed by atoms with Crippen LogP contribution < -0.4 is 9.92 Å². The highest BCUT2D eigenvalue weighted by molar-refractivity contribution is 6.32. The fourth-order valence-electron chi connectivity index (χ4n) is 1.25. The summed E-state index contributed by atoms with van der Waals surface area (Å²) >= 11 is 0. The molecule has 0 aliphatic carbocycles. The van der Waals surface area contributed by atoms with Crippen LogP contribution in [0.1, 0.15) is 5.56 Å². The number of rotatable bonds is 2. The van der Waals surface area contributed by atoms with E-state index >= 15 is 0 Å². The van der Waals surface area contributed by atoms with E-state index in [0.717, 1.165) is 17.4 Å². The zero-order valence-electron chi connectivity index (χ0n) is 9.03. The minimum Gasteiger partial charge on any atom is -0.439 e. The molecule has 0 saturated heterocycles. The third-order valence-electron chi connectivity index (χ3n) is 2.14. The first kappa shape index (κ1) is 12.6. The topological polar surface area (TPSA) is 22.1 Å². The zero-order valence-corrected chi connectivity index (χ0v) is 10.0. The second-order valence-electron chi connectivity index (χ2n) is 3.51. The number of benzene rings is 1. The van der Waals surface area contributed by atoms with Gasteiger partial charge in [0.25, 0.3) is 0 Å². The van der Waals surface area contributed by atoms with E-state index < -0.39 is 11.7 Å². The maximum absolute atomic E-state index is 12.3. The normalized spacial score (nSPS) is 11.3. The molecule has 0 aliphatic rings. The van der Waals surface area contributed by atoms with Crippen molar-refractivity contribution in [1.29, 1.82) is 0 Å². The zero-order chi connectivity index (χ0) is 13.2. The minimum atomic E-state index is -4.39. The van der Waals surface area contributed by atoms with Crippen LogP contribution in [0.15, 0.2) is 42.6 Å². The van der Waals surface area contributed by atoms with Crippen LogP contribution in [-0.4, -0.2) is 15.2 Å². The summed E-state index contributed by atoms with van der Waals surface area (Å²) in [5.41, 5.74) is -0.801. The van der Waals surface area contributed by atoms with E-state index in [2.05, 4.69) is 15.2 Å². The molecule has 2 rings (SSSR count). The molecule has 2 aromatic rings. The van der Waals surface area contributed by atoms with Gasteiger partial charge in [0.1, 0.15) is 5.75 Å². The van der Waals surface area contributed by atoms with E-state index in [9.17, 15) is 13.2 Å². The van der Waals surface area contributed by atoms with Crippen molar-refractivity contribution in [1.82, 2.24) is 4.98 Å². The lowest BCUT2D eigenvalue weighted by Crippen LogP contribution is -2.05. The Morgan fingerprint density at radius 2 is 1.67 bits per heavy atom. The van der Waals surface area contributed by atoms with Gasteiger partial charge < -0.3 is 4.74 Å². The predicted molar refractivity (Wildman–Crippen MR) is 61.1 cm³/mol. The van der Waals surface area contributed by atoms with E-state index in [-0.39, 0.29) is 5.88 Å². The molecule has 0 bridgehead atoms. The molecule has 3 radical (unpaired) electrons. The molecule has 18 heavy (non-hydrogen) atoms. The average Bonchev–Trinajstić information content (AvgIpc) is 2.32. The number of hydrogen-bond donors (Lipinski definition) is 0. The van der Waals surface area contributed by atoms with Crippen molar-refractivity contribution in [3.63, 3.8) is 0 Å². The Labute approximate surface area is 105 Å². The molecule has 0 saturated carbocycles. The Hall–Kier alpha value is -1.82. The van der Waals surface area contributed by atoms with E-state index in [1.54, 1.807) is 24.3 Å². The molecule has 0 aliphatic heterocycles. The van der Waals surface area contributed by atoms with Crippen LogP contribution in [0.3, 0.4) is 0 Å². The van der Waals surface area contributed by atoms with Crippen LogP contribution in [0.5, 0.6) is 11.6 Å². The van der Waals surface area contributed by atoms with Crippen LogP contribution >= 0.6 is 0 Å². The van der Waals surface area contributed by atoms with Gasteiger partial charge in [0, 0.05) is 12.3 Å². The van der Waals surface area contributed by atoms with Crippen LogP contribution in [0.4, 0.5) is 13.2 Å². The monoisotopic (exact) mass is 266 g/mol. The first-order valence-electron chi connectivity index (χ1n) is 4.98. The summed E-state index contributed by atoms with van der Waals surface area (Å²) < 4.78 is 42.2. The van der Waals surface area contributed by atoms with Crippen molar-refractivity contribution >= 4 is 15.4 Å². The van der Waals surface area contributed by atoms with Crippen molar-refractivity contribution in [2.75, 3.05) is 0 Å². The summed E-state index contributed by atoms with van der Waals surface area (Å²) in [5, 5.41) is 0.878. The highest BCUT2D eigenvalue weighted by Crippen LogP contribution is 2.29. The minimum absolute atomic E-state index is 0.115. The number of ether oxygens (including phenoxy) is 1. The van der Waals surface area contributed by atoms with Gasteiger partial charge in [-0.25, -0.2) is 4.98 Å². The Morgan fingerprint density at radius 3 is 2.17 bits per heavy atom. The van der Waals surface area contributed by atoms with Crippen LogP contribution in [0.2, 0.25) is 0 Å². The van der Waals surface area contributed by atoms with Crippen molar-refractivity contribution in [3.8, 4) is 11.6 Å². The third kappa shape index (κ3) is 3.10. The van der Waals surface area contributed by atoms with Crippen LogP contribution in [-0.2, 0) is 6.18 Å². The van der Waals surface area contributed by atoms with Gasteiger partial charge in [-0.05, 0) is 18.2 Å². The van der Waals surface area contributed by atoms with Crippen molar-refractivity contribution in [3.05, 3.63) is 48.2 Å². The van der Waals surface area contributed by atoms with Gasteiger partial charge >= 0.3 is 6.18 Å². The molecule has 0 spiro atoms. The first-order valence-corrected chi connectivity index (χ1v) is 5.48. The number of aromatic nitrogens is 1. The largest absolute Gasteiger partial charge is 0.439 e. The van der Waals surface area contributed by atoms with Gasteiger partial charge in [-0.15, -0.1) is 0 Å². The maximum atomic E-state index is 12.3. The number of pyridine rings is 1. The quantitative estimate of drug-likeness (QED) is 0.780. The SMILES string of the molecule is FC(F)(F)c1ccc(Oc2ccc([Si])cc2)nc1. The van der Waals surface area contributed by atoms with E-state index in [0.29, 0.717) is 5.75 Å². The maximum Gasteiger partial charge on any atom is 0.417 e. The van der Waals surface area contributed by atoms with Crippen LogP contribution in [0, 0.1) is 0 Å². The molecule has 0 atom stereocenters. The summed E-state index contributed by atoms with van der Waals surface area (Å²) in [6, 6.07) is 9.00. The fraction of sp³-hybridized carbons (Fsp3) is 0.0833. The van der Waals surface area contributed by atoms with Gasteiger partial charge in [-0.1, -0.05) is 17.3 Å². The highest BCUT2D eigenvalue weighted by Gasteiger charge is 2.30. The molecule has 0 unspecified atom stereocenters. The van der Waals surface area contributed by atoms with E-state index in [1.165, 1.54) is 6.07 Å². The summed E-state index contributed by atoms with van der Waals surface area (Å²) in [5.74, 6) is 0.619. The lowest BCUT2D eigenvalue weighted by Gasteiger charge is -2.08. The summed E-state index contributed by atoms with van der Waals surface area (Å²) in [6.45, 7) is 0. The van der Waals surface area contributed by atoms with Crippen LogP contribution in [0.25, 0.3) is 0 Å². The second kappa shape index (κ2) is 4.81. The molecule has 1 aromatic carbocycles. The van der Waals surface area contributed by atoms with Crippen molar-refractivity contribution in [2.45, 2.75) is 6.18 Å². The summed E-state index contributed by atoms with van der Waals surface area (Å²) in [4.78, 5) is 3.61. The van der Waals surface area contributed by atoms with Gasteiger partial charge in [-0.2, -0.15) is 13.2 Å². The molecule has 0 fully saturated rings. The Balaban J connectivity index is 2.13. The number of hydrogen-bond acceptors (Lipinski definition) is 2. The molecular formula is C12H7F3NOSi. The van der Waals surface area contributed by atoms with E-state index in [4.69, 9.17) is 4.74 Å². The smallest absolute Gasteiger partial charge is 0.417 e. The molecule has 0 N–H and O–H groups in total. The Kier molecular flexibility index (Phi) is 3.38.